The number of nitro groups is 1. The summed E-state index contributed by atoms with van der Waals surface area (Å²) in [5, 5.41) is 15.4. The van der Waals surface area contributed by atoms with Crippen LogP contribution in [-0.4, -0.2) is 54.8 Å². The molecule has 2 aliphatic heterocycles. The lowest BCUT2D eigenvalue weighted by molar-refractivity contribution is -0.384. The molecule has 2 aliphatic rings. The fourth-order valence-corrected chi connectivity index (χ4v) is 4.78. The van der Waals surface area contributed by atoms with E-state index in [1.807, 2.05) is 12.1 Å². The lowest BCUT2D eigenvalue weighted by atomic mass is 9.99. The van der Waals surface area contributed by atoms with E-state index in [4.69, 9.17) is 4.74 Å². The van der Waals surface area contributed by atoms with Crippen LogP contribution in [0.15, 0.2) is 71.8 Å². The Balaban J connectivity index is 1.21. The van der Waals surface area contributed by atoms with E-state index >= 15 is 0 Å². The van der Waals surface area contributed by atoms with Crippen molar-refractivity contribution in [1.82, 2.24) is 10.3 Å². The number of carbonyl (C=O) groups is 1. The number of hydrazone groups is 1. The molecule has 3 aromatic carbocycles. The maximum atomic E-state index is 12.7. The number of carbonyl (C=O) groups excluding carboxylic acids is 1. The second-order valence-electron chi connectivity index (χ2n) is 9.23. The van der Waals surface area contributed by atoms with Gasteiger partial charge in [0.15, 0.2) is 0 Å². The molecule has 5 rings (SSSR count). The fraction of sp³-hybridized carbons (Fsp3) is 0.286. The summed E-state index contributed by atoms with van der Waals surface area (Å²) < 4.78 is 5.41. The molecule has 9 heteroatoms. The molecule has 0 aliphatic carbocycles. The van der Waals surface area contributed by atoms with Crippen molar-refractivity contribution < 1.29 is 14.5 Å². The Bertz CT molecular complexity index is 1300. The molecule has 0 atom stereocenters. The van der Waals surface area contributed by atoms with Crippen LogP contribution >= 0.6 is 0 Å². The smallest absolute Gasteiger partial charge is 0.271 e. The molecule has 3 aromatic rings. The average molecular weight is 500 g/mol. The number of non-ortho nitro benzene ring substituents is 1. The summed E-state index contributed by atoms with van der Waals surface area (Å²) in [5.74, 6) is -0.340. The van der Waals surface area contributed by atoms with Gasteiger partial charge >= 0.3 is 0 Å². The van der Waals surface area contributed by atoms with E-state index in [1.54, 1.807) is 18.2 Å². The van der Waals surface area contributed by atoms with E-state index in [1.165, 1.54) is 29.5 Å². The van der Waals surface area contributed by atoms with Crippen LogP contribution in [0.2, 0.25) is 0 Å². The third-order valence-electron chi connectivity index (χ3n) is 6.78. The summed E-state index contributed by atoms with van der Waals surface area (Å²) in [6.45, 7) is 5.31. The number of hydrogen-bond acceptors (Lipinski definition) is 7. The topological polar surface area (TPSA) is 100 Å². The Labute approximate surface area is 215 Å². The van der Waals surface area contributed by atoms with Crippen molar-refractivity contribution in [3.63, 3.8) is 0 Å². The van der Waals surface area contributed by atoms with Crippen LogP contribution in [0.5, 0.6) is 0 Å². The van der Waals surface area contributed by atoms with Gasteiger partial charge in [0.1, 0.15) is 0 Å². The standard InChI is InChI=1S/C28H29N5O4/c34-28(23-7-5-21(6-8-23)19-31-12-11-22-3-1-2-4-24(22)20-31)30-29-18-25-17-26(33(35)36)9-10-27(25)32-13-15-37-16-14-32/h1-10,17-18H,11-16,19-20H2,(H,30,34)/b29-18+. The van der Waals surface area contributed by atoms with Crippen molar-refractivity contribution >= 4 is 23.5 Å². The molecule has 1 amide bonds. The Morgan fingerprint density at radius 2 is 1.78 bits per heavy atom. The van der Waals surface area contributed by atoms with Gasteiger partial charge in [-0.2, -0.15) is 5.10 Å². The molecule has 1 N–H and O–H groups in total. The highest BCUT2D eigenvalue weighted by atomic mass is 16.6. The molecular weight excluding hydrogens is 470 g/mol. The molecule has 0 unspecified atom stereocenters. The minimum absolute atomic E-state index is 0.0300. The molecule has 1 saturated heterocycles. The number of rotatable bonds is 7. The number of hydrogen-bond donors (Lipinski definition) is 1. The Morgan fingerprint density at radius 3 is 2.54 bits per heavy atom. The molecule has 0 aromatic heterocycles. The summed E-state index contributed by atoms with van der Waals surface area (Å²) >= 11 is 0. The van der Waals surface area contributed by atoms with E-state index in [0.29, 0.717) is 37.4 Å². The normalized spacial score (nSPS) is 15.9. The number of ether oxygens (including phenoxy) is 1. The van der Waals surface area contributed by atoms with Gasteiger partial charge in [0.2, 0.25) is 0 Å². The number of amides is 1. The lowest BCUT2D eigenvalue weighted by Crippen LogP contribution is -2.36. The minimum Gasteiger partial charge on any atom is -0.378 e. The SMILES string of the molecule is O=C(N/N=C/c1cc([N+](=O)[O-])ccc1N1CCOCC1)c1ccc(CN2CCc3ccccc3C2)cc1. The van der Waals surface area contributed by atoms with Gasteiger partial charge in [-0.05, 0) is 41.3 Å². The van der Waals surface area contributed by atoms with Crippen molar-refractivity contribution in [2.45, 2.75) is 19.5 Å². The third kappa shape index (κ3) is 6.02. The number of nitrogens with zero attached hydrogens (tertiary/aromatic N) is 4. The number of benzene rings is 3. The van der Waals surface area contributed by atoms with Gasteiger partial charge in [-0.3, -0.25) is 19.8 Å². The average Bonchev–Trinajstić information content (AvgIpc) is 2.93. The summed E-state index contributed by atoms with van der Waals surface area (Å²) in [6, 6.07) is 20.8. The first kappa shape index (κ1) is 24.6. The molecule has 190 valence electrons. The van der Waals surface area contributed by atoms with Gasteiger partial charge < -0.3 is 9.64 Å². The predicted molar refractivity (Wildman–Crippen MR) is 142 cm³/mol. The van der Waals surface area contributed by atoms with Gasteiger partial charge in [-0.1, -0.05) is 36.4 Å². The van der Waals surface area contributed by atoms with Crippen molar-refractivity contribution in [3.8, 4) is 0 Å². The molecule has 37 heavy (non-hydrogen) atoms. The number of anilines is 1. The lowest BCUT2D eigenvalue weighted by Gasteiger charge is -2.29. The molecule has 1 fully saturated rings. The number of morpholine rings is 1. The maximum absolute atomic E-state index is 12.7. The van der Waals surface area contributed by atoms with Crippen LogP contribution in [0.25, 0.3) is 0 Å². The van der Waals surface area contributed by atoms with Gasteiger partial charge in [-0.15, -0.1) is 0 Å². The van der Waals surface area contributed by atoms with Crippen LogP contribution < -0.4 is 10.3 Å². The maximum Gasteiger partial charge on any atom is 0.271 e. The first-order chi connectivity index (χ1) is 18.1. The number of nitro benzene ring substituents is 1. The Morgan fingerprint density at radius 1 is 1.03 bits per heavy atom. The monoisotopic (exact) mass is 499 g/mol. The van der Waals surface area contributed by atoms with E-state index in [0.717, 1.165) is 37.3 Å². The van der Waals surface area contributed by atoms with E-state index < -0.39 is 4.92 Å². The predicted octanol–water partition coefficient (Wildman–Crippen LogP) is 3.75. The van der Waals surface area contributed by atoms with Gasteiger partial charge in [0.25, 0.3) is 11.6 Å². The van der Waals surface area contributed by atoms with Gasteiger partial charge in [0.05, 0.1) is 24.4 Å². The summed E-state index contributed by atoms with van der Waals surface area (Å²) in [5.41, 5.74) is 8.34. The zero-order chi connectivity index (χ0) is 25.6. The van der Waals surface area contributed by atoms with E-state index in [-0.39, 0.29) is 11.6 Å². The second-order valence-corrected chi connectivity index (χ2v) is 9.23. The summed E-state index contributed by atoms with van der Waals surface area (Å²) in [7, 11) is 0. The van der Waals surface area contributed by atoms with Crippen molar-refractivity contribution in [2.75, 3.05) is 37.7 Å². The first-order valence-electron chi connectivity index (χ1n) is 12.4. The summed E-state index contributed by atoms with van der Waals surface area (Å²) in [4.78, 5) is 28.0. The van der Waals surface area contributed by atoms with Crippen LogP contribution in [0.1, 0.15) is 32.6 Å². The number of fused-ring (bicyclic) bond motifs is 1. The zero-order valence-corrected chi connectivity index (χ0v) is 20.5. The van der Waals surface area contributed by atoms with E-state index in [9.17, 15) is 14.9 Å². The van der Waals surface area contributed by atoms with Gasteiger partial charge in [0, 0.05) is 61.7 Å². The molecule has 9 nitrogen and oxygen atoms in total. The Kier molecular flexibility index (Phi) is 7.53. The molecule has 0 radical (unpaired) electrons. The molecule has 0 bridgehead atoms. The first-order valence-corrected chi connectivity index (χ1v) is 12.4. The fourth-order valence-electron chi connectivity index (χ4n) is 4.78. The van der Waals surface area contributed by atoms with Crippen LogP contribution in [0.3, 0.4) is 0 Å². The van der Waals surface area contributed by atoms with Crippen LogP contribution in [-0.2, 0) is 24.2 Å². The second kappa shape index (κ2) is 11.3. The molecule has 0 saturated carbocycles. The van der Waals surface area contributed by atoms with Crippen molar-refractivity contribution in [1.29, 1.82) is 0 Å². The molecule has 0 spiro atoms. The molecule has 2 heterocycles. The van der Waals surface area contributed by atoms with Crippen molar-refractivity contribution in [2.24, 2.45) is 5.10 Å². The highest BCUT2D eigenvalue weighted by molar-refractivity contribution is 5.95. The van der Waals surface area contributed by atoms with Gasteiger partial charge in [-0.25, -0.2) is 5.43 Å². The summed E-state index contributed by atoms with van der Waals surface area (Å²) in [6.07, 6.45) is 2.50. The van der Waals surface area contributed by atoms with Crippen LogP contribution in [0, 0.1) is 10.1 Å². The third-order valence-corrected chi connectivity index (χ3v) is 6.78. The number of nitrogens with one attached hydrogen (secondary N) is 1. The largest absolute Gasteiger partial charge is 0.378 e. The quantitative estimate of drug-likeness (QED) is 0.302. The molecular formula is C28H29N5O4. The minimum atomic E-state index is -0.441. The Hall–Kier alpha value is -4.08. The zero-order valence-electron chi connectivity index (χ0n) is 20.5. The van der Waals surface area contributed by atoms with E-state index in [2.05, 4.69) is 44.6 Å². The van der Waals surface area contributed by atoms with Crippen molar-refractivity contribution in [3.05, 3.63) is 105 Å². The highest BCUT2D eigenvalue weighted by Gasteiger charge is 2.18. The highest BCUT2D eigenvalue weighted by Crippen LogP contribution is 2.25. The van der Waals surface area contributed by atoms with Crippen LogP contribution in [0.4, 0.5) is 11.4 Å².